The molecular formula is C35H57IN2O2. The number of aryl methyl sites for hydroxylation is 1. The molecule has 2 aromatic rings. The Labute approximate surface area is 263 Å². The van der Waals surface area contributed by atoms with Gasteiger partial charge in [-0.15, -0.1) is 0 Å². The van der Waals surface area contributed by atoms with Gasteiger partial charge >= 0.3 is 5.91 Å². The summed E-state index contributed by atoms with van der Waals surface area (Å²) < 4.78 is 8.32. The molecule has 1 aromatic carbocycles. The largest absolute Gasteiger partial charge is 1.00 e. The fraction of sp³-hybridized carbons (Fsp3) is 0.657. The third-order valence-corrected chi connectivity index (χ3v) is 7.55. The van der Waals surface area contributed by atoms with E-state index < -0.39 is 0 Å². The number of rotatable bonds is 19. The maximum atomic E-state index is 13.1. The minimum atomic E-state index is -0.0979. The standard InChI is InChI=1S/C35H56N2O2.HI/c1-7-9-10-11-12-13-14-15-16-17-18-21-27-39-33-24-23-30(28-31(33)35(4,5)6)29(3)36-34(38)32-22-19-20-26-37(32)25-8-2;/h19-20,22-24,26,28-29H,7-18,21,25,27H2,1-6H3;1H. The number of benzene rings is 1. The molecule has 0 aliphatic rings. The molecule has 5 heteroatoms. The van der Waals surface area contributed by atoms with Crippen molar-refractivity contribution in [2.45, 2.75) is 143 Å². The van der Waals surface area contributed by atoms with Crippen LogP contribution in [0.4, 0.5) is 0 Å². The highest BCUT2D eigenvalue weighted by molar-refractivity contribution is 5.91. The molecule has 0 aliphatic heterocycles. The van der Waals surface area contributed by atoms with Crippen molar-refractivity contribution < 1.29 is 38.1 Å². The number of ether oxygens (including phenoxy) is 1. The molecule has 1 aromatic heterocycles. The Morgan fingerprint density at radius 3 is 2.02 bits per heavy atom. The van der Waals surface area contributed by atoms with Gasteiger partial charge in [0.1, 0.15) is 12.3 Å². The highest BCUT2D eigenvalue weighted by atomic mass is 127. The van der Waals surface area contributed by atoms with Gasteiger partial charge < -0.3 is 34.0 Å². The number of nitrogens with zero attached hydrogens (tertiary/aromatic N) is 1. The maximum absolute atomic E-state index is 13.1. The third-order valence-electron chi connectivity index (χ3n) is 7.55. The number of pyridine rings is 1. The normalized spacial score (nSPS) is 12.1. The number of aromatic nitrogens is 1. The second-order valence-electron chi connectivity index (χ2n) is 12.2. The Morgan fingerprint density at radius 1 is 0.850 bits per heavy atom. The molecule has 1 amide bonds. The SMILES string of the molecule is CCCCCCCCCCCCCCOc1ccc(C(C)NC(=O)c2cccc[n+]2CCC)cc1C(C)(C)C.[I-]. The first-order valence-electron chi connectivity index (χ1n) is 15.8. The van der Waals surface area contributed by atoms with Crippen LogP contribution in [0.25, 0.3) is 0 Å². The highest BCUT2D eigenvalue weighted by Crippen LogP contribution is 2.34. The Hall–Kier alpha value is -1.63. The van der Waals surface area contributed by atoms with E-state index in [1.165, 1.54) is 76.2 Å². The second-order valence-corrected chi connectivity index (χ2v) is 12.2. The van der Waals surface area contributed by atoms with E-state index >= 15 is 0 Å². The highest BCUT2D eigenvalue weighted by Gasteiger charge is 2.23. The minimum absolute atomic E-state index is 0. The molecule has 0 radical (unpaired) electrons. The van der Waals surface area contributed by atoms with Gasteiger partial charge in [-0.1, -0.05) is 111 Å². The Morgan fingerprint density at radius 2 is 1.45 bits per heavy atom. The molecule has 226 valence electrons. The van der Waals surface area contributed by atoms with Crippen LogP contribution >= 0.6 is 0 Å². The van der Waals surface area contributed by atoms with Crippen molar-refractivity contribution >= 4 is 5.91 Å². The average molecular weight is 665 g/mol. The summed E-state index contributed by atoms with van der Waals surface area (Å²) in [6.45, 7) is 14.7. The van der Waals surface area contributed by atoms with Crippen molar-refractivity contribution in [3.05, 3.63) is 59.4 Å². The van der Waals surface area contributed by atoms with Gasteiger partial charge in [0, 0.05) is 18.6 Å². The molecule has 4 nitrogen and oxygen atoms in total. The summed E-state index contributed by atoms with van der Waals surface area (Å²) in [5, 5.41) is 3.20. The van der Waals surface area contributed by atoms with E-state index in [-0.39, 0.29) is 41.3 Å². The van der Waals surface area contributed by atoms with E-state index in [4.69, 9.17) is 4.74 Å². The van der Waals surface area contributed by atoms with Crippen LogP contribution in [-0.4, -0.2) is 12.5 Å². The number of carbonyl (C=O) groups excluding carboxylic acids is 1. The quantitative estimate of drug-likeness (QED) is 0.110. The van der Waals surface area contributed by atoms with Crippen LogP contribution in [-0.2, 0) is 12.0 Å². The molecule has 0 bridgehead atoms. The van der Waals surface area contributed by atoms with Gasteiger partial charge in [-0.3, -0.25) is 4.79 Å². The lowest BCUT2D eigenvalue weighted by molar-refractivity contribution is -0.698. The Bertz CT molecular complexity index is 970. The lowest BCUT2D eigenvalue weighted by Crippen LogP contribution is -3.00. The summed E-state index contributed by atoms with van der Waals surface area (Å²) in [5.74, 6) is 0.929. The summed E-state index contributed by atoms with van der Waals surface area (Å²) in [6, 6.07) is 12.1. The van der Waals surface area contributed by atoms with E-state index in [2.05, 4.69) is 65.1 Å². The fourth-order valence-corrected chi connectivity index (χ4v) is 5.13. The molecule has 1 atom stereocenters. The van der Waals surface area contributed by atoms with Crippen molar-refractivity contribution in [2.24, 2.45) is 0 Å². The molecule has 0 saturated carbocycles. The number of carbonyl (C=O) groups is 1. The summed E-state index contributed by atoms with van der Waals surface area (Å²) in [6.07, 6.45) is 19.1. The monoisotopic (exact) mass is 664 g/mol. The van der Waals surface area contributed by atoms with Crippen molar-refractivity contribution in [3.8, 4) is 5.75 Å². The molecule has 0 spiro atoms. The average Bonchev–Trinajstić information content (AvgIpc) is 2.91. The predicted molar refractivity (Wildman–Crippen MR) is 165 cm³/mol. The first-order valence-corrected chi connectivity index (χ1v) is 15.8. The zero-order valence-corrected chi connectivity index (χ0v) is 28.5. The Balaban J connectivity index is 0.00000800. The molecule has 1 N–H and O–H groups in total. The zero-order chi connectivity index (χ0) is 28.5. The van der Waals surface area contributed by atoms with Crippen molar-refractivity contribution in [3.63, 3.8) is 0 Å². The Kier molecular flexibility index (Phi) is 18.5. The number of amides is 1. The van der Waals surface area contributed by atoms with Crippen LogP contribution in [0.15, 0.2) is 42.6 Å². The first kappa shape index (κ1) is 36.4. The first-order chi connectivity index (χ1) is 18.8. The number of hydrogen-bond acceptors (Lipinski definition) is 2. The van der Waals surface area contributed by atoms with Gasteiger partial charge in [0.2, 0.25) is 0 Å². The summed E-state index contributed by atoms with van der Waals surface area (Å²) in [5.41, 5.74) is 2.95. The van der Waals surface area contributed by atoms with Gasteiger partial charge in [-0.05, 0) is 48.1 Å². The van der Waals surface area contributed by atoms with E-state index in [1.807, 2.05) is 29.0 Å². The van der Waals surface area contributed by atoms with Crippen LogP contribution in [0, 0.1) is 0 Å². The van der Waals surface area contributed by atoms with Crippen LogP contribution in [0.2, 0.25) is 0 Å². The lowest BCUT2D eigenvalue weighted by Gasteiger charge is -2.25. The molecule has 1 heterocycles. The molecule has 0 aliphatic carbocycles. The van der Waals surface area contributed by atoms with Crippen molar-refractivity contribution in [2.75, 3.05) is 6.61 Å². The van der Waals surface area contributed by atoms with E-state index in [0.29, 0.717) is 5.69 Å². The number of unbranched alkanes of at least 4 members (excludes halogenated alkanes) is 11. The molecule has 40 heavy (non-hydrogen) atoms. The van der Waals surface area contributed by atoms with Crippen molar-refractivity contribution in [1.82, 2.24) is 5.32 Å². The third kappa shape index (κ3) is 13.4. The second kappa shape index (κ2) is 20.3. The molecule has 0 fully saturated rings. The summed E-state index contributed by atoms with van der Waals surface area (Å²) in [7, 11) is 0. The smallest absolute Gasteiger partial charge is 0.316 e. The molecule has 2 rings (SSSR count). The molecular weight excluding hydrogens is 607 g/mol. The van der Waals surface area contributed by atoms with Crippen molar-refractivity contribution in [1.29, 1.82) is 0 Å². The van der Waals surface area contributed by atoms with Crippen LogP contribution in [0.3, 0.4) is 0 Å². The predicted octanol–water partition coefficient (Wildman–Crippen LogP) is 6.26. The van der Waals surface area contributed by atoms with Gasteiger partial charge in [-0.25, -0.2) is 0 Å². The number of hydrogen-bond donors (Lipinski definition) is 1. The maximum Gasteiger partial charge on any atom is 0.316 e. The fourth-order valence-electron chi connectivity index (χ4n) is 5.13. The molecule has 0 saturated heterocycles. The number of nitrogens with one attached hydrogen (secondary N) is 1. The van der Waals surface area contributed by atoms with E-state index in [1.54, 1.807) is 0 Å². The van der Waals surface area contributed by atoms with Crippen LogP contribution in [0.1, 0.15) is 153 Å². The zero-order valence-electron chi connectivity index (χ0n) is 26.4. The summed E-state index contributed by atoms with van der Waals surface area (Å²) >= 11 is 0. The van der Waals surface area contributed by atoms with Crippen LogP contribution < -0.4 is 38.6 Å². The van der Waals surface area contributed by atoms with E-state index in [0.717, 1.165) is 37.3 Å². The van der Waals surface area contributed by atoms with Gasteiger partial charge in [-0.2, -0.15) is 4.57 Å². The summed E-state index contributed by atoms with van der Waals surface area (Å²) in [4.78, 5) is 13.1. The number of halogens is 1. The van der Waals surface area contributed by atoms with Crippen LogP contribution in [0.5, 0.6) is 5.75 Å². The van der Waals surface area contributed by atoms with Gasteiger partial charge in [0.05, 0.1) is 12.6 Å². The van der Waals surface area contributed by atoms with Gasteiger partial charge in [0.25, 0.3) is 5.69 Å². The van der Waals surface area contributed by atoms with Gasteiger partial charge in [0.15, 0.2) is 6.20 Å². The van der Waals surface area contributed by atoms with E-state index in [9.17, 15) is 4.79 Å². The minimum Gasteiger partial charge on any atom is -1.00 e. The molecule has 1 unspecified atom stereocenters. The lowest BCUT2D eigenvalue weighted by atomic mass is 9.84. The topological polar surface area (TPSA) is 42.2 Å².